The van der Waals surface area contributed by atoms with Crippen molar-refractivity contribution in [1.82, 2.24) is 26.2 Å². The second-order valence-corrected chi connectivity index (χ2v) is 8.18. The Hall–Kier alpha value is -0.200. The lowest BCUT2D eigenvalue weighted by Gasteiger charge is -2.43. The maximum atomic E-state index is 3.83. The number of likely N-dealkylation sites (tertiary alicyclic amines) is 1. The molecule has 4 N–H and O–H groups in total. The quantitative estimate of drug-likeness (QED) is 0.539. The Balaban J connectivity index is 1.26. The zero-order valence-electron chi connectivity index (χ0n) is 13.6. The van der Waals surface area contributed by atoms with Crippen LogP contribution in [-0.2, 0) is 0 Å². The zero-order chi connectivity index (χ0) is 14.5. The van der Waals surface area contributed by atoms with Gasteiger partial charge < -0.3 is 21.3 Å². The molecular weight excluding hydrogens is 274 g/mol. The highest BCUT2D eigenvalue weighted by Crippen LogP contribution is 2.48. The van der Waals surface area contributed by atoms with E-state index in [0.29, 0.717) is 12.1 Å². The van der Waals surface area contributed by atoms with Gasteiger partial charge in [0.15, 0.2) is 0 Å². The summed E-state index contributed by atoms with van der Waals surface area (Å²) in [7, 11) is 0. The molecule has 0 amide bonds. The zero-order valence-corrected chi connectivity index (χ0v) is 13.6. The van der Waals surface area contributed by atoms with Crippen LogP contribution in [0.2, 0.25) is 0 Å². The molecule has 0 aromatic rings. The fourth-order valence-corrected chi connectivity index (χ4v) is 5.94. The number of piperidine rings is 2. The Kier molecular flexibility index (Phi) is 3.68. The van der Waals surface area contributed by atoms with Crippen molar-refractivity contribution < 1.29 is 0 Å². The van der Waals surface area contributed by atoms with Gasteiger partial charge in [0, 0.05) is 43.8 Å². The molecule has 5 heteroatoms. The highest BCUT2D eigenvalue weighted by atomic mass is 15.3. The van der Waals surface area contributed by atoms with Gasteiger partial charge in [-0.25, -0.2) is 0 Å². The second-order valence-electron chi connectivity index (χ2n) is 8.18. The largest absolute Gasteiger partial charge is 0.316 e. The fourth-order valence-electron chi connectivity index (χ4n) is 5.94. The first kappa shape index (κ1) is 14.2. The lowest BCUT2D eigenvalue weighted by Crippen LogP contribution is -2.67. The minimum atomic E-state index is 0.652. The van der Waals surface area contributed by atoms with E-state index in [1.807, 2.05) is 0 Å². The Morgan fingerprint density at radius 1 is 0.773 bits per heavy atom. The van der Waals surface area contributed by atoms with E-state index in [-0.39, 0.29) is 0 Å². The van der Waals surface area contributed by atoms with Gasteiger partial charge in [0.05, 0.1) is 0 Å². The SMILES string of the molecule is C1CC2C(CCN2C2CC2C2CNCC3NCCNC32)CN1. The summed E-state index contributed by atoms with van der Waals surface area (Å²) in [5.41, 5.74) is 0. The van der Waals surface area contributed by atoms with Crippen molar-refractivity contribution in [3.63, 3.8) is 0 Å². The molecule has 124 valence electrons. The molecule has 5 rings (SSSR count). The van der Waals surface area contributed by atoms with Crippen molar-refractivity contribution in [3.05, 3.63) is 0 Å². The smallest absolute Gasteiger partial charge is 0.0350 e. The normalized spacial score (nSPS) is 52.1. The van der Waals surface area contributed by atoms with Crippen LogP contribution in [0.5, 0.6) is 0 Å². The molecule has 22 heavy (non-hydrogen) atoms. The van der Waals surface area contributed by atoms with E-state index in [4.69, 9.17) is 0 Å². The standard InChI is InChI=1S/C17H31N5/c1-3-18-8-11-2-6-22(15(1)11)16-7-12(16)13-9-19-10-14-17(13)21-5-4-20-14/h11-21H,1-10H2. The Labute approximate surface area is 134 Å². The molecule has 5 nitrogen and oxygen atoms in total. The molecule has 5 aliphatic rings. The Bertz CT molecular complexity index is 414. The molecule has 7 atom stereocenters. The molecule has 4 heterocycles. The van der Waals surface area contributed by atoms with Gasteiger partial charge >= 0.3 is 0 Å². The van der Waals surface area contributed by atoms with Crippen molar-refractivity contribution in [1.29, 1.82) is 0 Å². The maximum Gasteiger partial charge on any atom is 0.0350 e. The lowest BCUT2D eigenvalue weighted by atomic mass is 9.84. The number of nitrogens with zero attached hydrogens (tertiary/aromatic N) is 1. The third-order valence-electron chi connectivity index (χ3n) is 7.08. The molecule has 0 bridgehead atoms. The van der Waals surface area contributed by atoms with Crippen molar-refractivity contribution in [2.24, 2.45) is 17.8 Å². The average molecular weight is 305 g/mol. The molecule has 4 aliphatic heterocycles. The summed E-state index contributed by atoms with van der Waals surface area (Å²) in [6.07, 6.45) is 4.26. The summed E-state index contributed by atoms with van der Waals surface area (Å²) in [5.74, 6) is 2.69. The highest BCUT2D eigenvalue weighted by molar-refractivity contribution is 5.10. The molecule has 7 unspecified atom stereocenters. The van der Waals surface area contributed by atoms with Crippen LogP contribution in [0, 0.1) is 17.8 Å². The monoisotopic (exact) mass is 305 g/mol. The first-order chi connectivity index (χ1) is 10.9. The van der Waals surface area contributed by atoms with Crippen LogP contribution in [0.25, 0.3) is 0 Å². The number of fused-ring (bicyclic) bond motifs is 2. The molecule has 1 aliphatic carbocycles. The number of nitrogens with one attached hydrogen (secondary N) is 4. The first-order valence-electron chi connectivity index (χ1n) is 9.56. The predicted molar refractivity (Wildman–Crippen MR) is 87.9 cm³/mol. The van der Waals surface area contributed by atoms with Crippen molar-refractivity contribution in [3.8, 4) is 0 Å². The van der Waals surface area contributed by atoms with Gasteiger partial charge in [-0.05, 0) is 63.2 Å². The van der Waals surface area contributed by atoms with Crippen LogP contribution in [0.3, 0.4) is 0 Å². The summed E-state index contributed by atoms with van der Waals surface area (Å²) in [6, 6.07) is 3.14. The fraction of sp³-hybridized carbons (Fsp3) is 1.00. The van der Waals surface area contributed by atoms with Crippen LogP contribution >= 0.6 is 0 Å². The van der Waals surface area contributed by atoms with Gasteiger partial charge in [-0.15, -0.1) is 0 Å². The van der Waals surface area contributed by atoms with E-state index in [1.165, 1.54) is 45.4 Å². The summed E-state index contributed by atoms with van der Waals surface area (Å²) in [6.45, 7) is 8.50. The summed E-state index contributed by atoms with van der Waals surface area (Å²) in [5, 5.41) is 14.8. The van der Waals surface area contributed by atoms with Crippen LogP contribution in [0.15, 0.2) is 0 Å². The van der Waals surface area contributed by atoms with Gasteiger partial charge in [-0.3, -0.25) is 4.90 Å². The third-order valence-corrected chi connectivity index (χ3v) is 7.08. The van der Waals surface area contributed by atoms with Gasteiger partial charge in [-0.1, -0.05) is 0 Å². The molecule has 0 aromatic heterocycles. The minimum absolute atomic E-state index is 0.652. The molecule has 0 spiro atoms. The Morgan fingerprint density at radius 2 is 1.73 bits per heavy atom. The summed E-state index contributed by atoms with van der Waals surface area (Å²) >= 11 is 0. The molecule has 4 saturated heterocycles. The van der Waals surface area contributed by atoms with Gasteiger partial charge in [0.2, 0.25) is 0 Å². The highest BCUT2D eigenvalue weighted by Gasteiger charge is 2.54. The second kappa shape index (κ2) is 5.71. The van der Waals surface area contributed by atoms with Crippen molar-refractivity contribution in [2.45, 2.75) is 43.4 Å². The predicted octanol–water partition coefficient (Wildman–Crippen LogP) is -0.792. The summed E-state index contributed by atoms with van der Waals surface area (Å²) in [4.78, 5) is 2.91. The molecule has 0 radical (unpaired) electrons. The number of piperazine rings is 1. The van der Waals surface area contributed by atoms with Crippen molar-refractivity contribution in [2.75, 3.05) is 45.8 Å². The van der Waals surface area contributed by atoms with E-state index in [9.17, 15) is 0 Å². The number of hydrogen-bond acceptors (Lipinski definition) is 5. The molecule has 0 aromatic carbocycles. The maximum absolute atomic E-state index is 3.83. The van der Waals surface area contributed by atoms with E-state index >= 15 is 0 Å². The minimum Gasteiger partial charge on any atom is -0.316 e. The summed E-state index contributed by atoms with van der Waals surface area (Å²) < 4.78 is 0. The molecule has 5 fully saturated rings. The van der Waals surface area contributed by atoms with Crippen LogP contribution < -0.4 is 21.3 Å². The van der Waals surface area contributed by atoms with E-state index in [0.717, 1.165) is 49.5 Å². The van der Waals surface area contributed by atoms with E-state index in [2.05, 4.69) is 26.2 Å². The van der Waals surface area contributed by atoms with Gasteiger partial charge in [0.25, 0.3) is 0 Å². The van der Waals surface area contributed by atoms with Crippen LogP contribution in [0.1, 0.15) is 19.3 Å². The van der Waals surface area contributed by atoms with Crippen LogP contribution in [-0.4, -0.2) is 74.9 Å². The first-order valence-corrected chi connectivity index (χ1v) is 9.56. The van der Waals surface area contributed by atoms with Crippen molar-refractivity contribution >= 4 is 0 Å². The molecular formula is C17H31N5. The van der Waals surface area contributed by atoms with E-state index in [1.54, 1.807) is 0 Å². The number of hydrogen-bond donors (Lipinski definition) is 4. The van der Waals surface area contributed by atoms with E-state index < -0.39 is 0 Å². The Morgan fingerprint density at radius 3 is 2.73 bits per heavy atom. The molecule has 1 saturated carbocycles. The average Bonchev–Trinajstić information content (AvgIpc) is 3.25. The van der Waals surface area contributed by atoms with Gasteiger partial charge in [0.1, 0.15) is 0 Å². The topological polar surface area (TPSA) is 51.4 Å². The van der Waals surface area contributed by atoms with Gasteiger partial charge in [-0.2, -0.15) is 0 Å². The lowest BCUT2D eigenvalue weighted by molar-refractivity contribution is 0.139. The number of rotatable bonds is 2. The van der Waals surface area contributed by atoms with Crippen LogP contribution in [0.4, 0.5) is 0 Å². The third kappa shape index (κ3) is 2.33.